The van der Waals surface area contributed by atoms with Gasteiger partial charge in [-0.3, -0.25) is 4.79 Å². The molecule has 0 heterocycles. The third kappa shape index (κ3) is 4.12. The molecule has 4 heteroatoms. The minimum atomic E-state index is -0.455. The summed E-state index contributed by atoms with van der Waals surface area (Å²) in [5, 5.41) is 2.81. The van der Waals surface area contributed by atoms with Gasteiger partial charge < -0.3 is 5.32 Å². The second-order valence-corrected chi connectivity index (χ2v) is 5.49. The molecule has 0 unspecified atom stereocenters. The minimum absolute atomic E-state index is 0.352. The quantitative estimate of drug-likeness (QED) is 0.778. The third-order valence-electron chi connectivity index (χ3n) is 3.73. The molecule has 25 heavy (non-hydrogen) atoms. The standard InChI is InChI=1S/C21H18N2O2/c24-20(18-12-6-2-7-13-18)23(19-14-8-3-9-15-19)21(25)22-16-17-10-4-1-5-11-17/h1-15H,16H2,(H,22,25). The fourth-order valence-electron chi connectivity index (χ4n) is 2.47. The number of benzene rings is 3. The van der Waals surface area contributed by atoms with Crippen molar-refractivity contribution in [2.45, 2.75) is 6.54 Å². The van der Waals surface area contributed by atoms with E-state index < -0.39 is 6.03 Å². The molecule has 0 aliphatic carbocycles. The lowest BCUT2D eigenvalue weighted by atomic mass is 10.2. The minimum Gasteiger partial charge on any atom is -0.333 e. The summed E-state index contributed by atoms with van der Waals surface area (Å²) in [6.45, 7) is 0.352. The molecule has 0 aromatic heterocycles. The number of nitrogens with one attached hydrogen (secondary N) is 1. The molecule has 0 fully saturated rings. The van der Waals surface area contributed by atoms with Crippen molar-refractivity contribution < 1.29 is 9.59 Å². The van der Waals surface area contributed by atoms with Crippen molar-refractivity contribution in [3.8, 4) is 0 Å². The largest absolute Gasteiger partial charge is 0.333 e. The summed E-state index contributed by atoms with van der Waals surface area (Å²) in [6.07, 6.45) is 0. The van der Waals surface area contributed by atoms with Gasteiger partial charge in [-0.05, 0) is 29.8 Å². The zero-order valence-corrected chi connectivity index (χ0v) is 13.6. The van der Waals surface area contributed by atoms with E-state index in [4.69, 9.17) is 0 Å². The molecule has 1 N–H and O–H groups in total. The Morgan fingerprint density at radius 1 is 0.720 bits per heavy atom. The number of nitrogens with zero attached hydrogens (tertiary/aromatic N) is 1. The van der Waals surface area contributed by atoms with Gasteiger partial charge in [0.25, 0.3) is 5.91 Å². The number of urea groups is 1. The highest BCUT2D eigenvalue weighted by molar-refractivity contribution is 6.20. The van der Waals surface area contributed by atoms with E-state index in [0.717, 1.165) is 10.5 Å². The fourth-order valence-corrected chi connectivity index (χ4v) is 2.47. The summed E-state index contributed by atoms with van der Waals surface area (Å²) < 4.78 is 0. The molecule has 3 aromatic carbocycles. The maximum absolute atomic E-state index is 12.9. The molecular formula is C21H18N2O2. The summed E-state index contributed by atoms with van der Waals surface area (Å²) in [5.41, 5.74) is 1.96. The van der Waals surface area contributed by atoms with Gasteiger partial charge in [0.15, 0.2) is 0 Å². The van der Waals surface area contributed by atoms with E-state index in [1.807, 2.05) is 42.5 Å². The lowest BCUT2D eigenvalue weighted by Crippen LogP contribution is -2.43. The number of imide groups is 1. The molecule has 3 rings (SSSR count). The highest BCUT2D eigenvalue weighted by Crippen LogP contribution is 2.17. The van der Waals surface area contributed by atoms with Gasteiger partial charge in [0.05, 0.1) is 5.69 Å². The van der Waals surface area contributed by atoms with Crippen molar-refractivity contribution in [2.24, 2.45) is 0 Å². The van der Waals surface area contributed by atoms with Crippen molar-refractivity contribution in [3.05, 3.63) is 102 Å². The molecule has 0 saturated heterocycles. The van der Waals surface area contributed by atoms with E-state index >= 15 is 0 Å². The van der Waals surface area contributed by atoms with E-state index in [1.54, 1.807) is 48.5 Å². The topological polar surface area (TPSA) is 49.4 Å². The Balaban J connectivity index is 1.83. The molecule has 0 saturated carbocycles. The molecule has 0 aliphatic heterocycles. The summed E-state index contributed by atoms with van der Waals surface area (Å²) >= 11 is 0. The number of amides is 3. The van der Waals surface area contributed by atoms with Gasteiger partial charge in [0.2, 0.25) is 0 Å². The second-order valence-electron chi connectivity index (χ2n) is 5.49. The van der Waals surface area contributed by atoms with Gasteiger partial charge in [-0.15, -0.1) is 0 Å². The Hall–Kier alpha value is -3.40. The predicted octanol–water partition coefficient (Wildman–Crippen LogP) is 4.24. The van der Waals surface area contributed by atoms with Gasteiger partial charge in [-0.2, -0.15) is 0 Å². The Kier molecular flexibility index (Phi) is 5.22. The lowest BCUT2D eigenvalue weighted by molar-refractivity contribution is 0.0993. The molecular weight excluding hydrogens is 312 g/mol. The maximum Gasteiger partial charge on any atom is 0.329 e. The van der Waals surface area contributed by atoms with Crippen molar-refractivity contribution in [1.82, 2.24) is 5.32 Å². The van der Waals surface area contributed by atoms with Crippen molar-refractivity contribution >= 4 is 17.6 Å². The molecule has 0 aliphatic rings. The zero-order chi connectivity index (χ0) is 17.5. The van der Waals surface area contributed by atoms with E-state index in [0.29, 0.717) is 17.8 Å². The number of carbonyl (C=O) groups is 2. The zero-order valence-electron chi connectivity index (χ0n) is 13.6. The van der Waals surface area contributed by atoms with E-state index in [2.05, 4.69) is 5.32 Å². The van der Waals surface area contributed by atoms with Crippen LogP contribution in [0.25, 0.3) is 0 Å². The molecule has 0 bridgehead atoms. The second kappa shape index (κ2) is 7.93. The average molecular weight is 330 g/mol. The summed E-state index contributed by atoms with van der Waals surface area (Å²) in [6, 6.07) is 26.8. The van der Waals surface area contributed by atoms with E-state index in [-0.39, 0.29) is 5.91 Å². The Morgan fingerprint density at radius 3 is 1.84 bits per heavy atom. The molecule has 0 radical (unpaired) electrons. The number of hydrogen-bond donors (Lipinski definition) is 1. The van der Waals surface area contributed by atoms with E-state index in [9.17, 15) is 9.59 Å². The fraction of sp³-hybridized carbons (Fsp3) is 0.0476. The van der Waals surface area contributed by atoms with Crippen molar-refractivity contribution in [3.63, 3.8) is 0 Å². The normalized spacial score (nSPS) is 10.1. The maximum atomic E-state index is 12.9. The van der Waals surface area contributed by atoms with Gasteiger partial charge in [-0.25, -0.2) is 9.69 Å². The Labute approximate surface area is 146 Å². The number of hydrogen-bond acceptors (Lipinski definition) is 2. The predicted molar refractivity (Wildman–Crippen MR) is 98.4 cm³/mol. The summed E-state index contributed by atoms with van der Waals surface area (Å²) in [4.78, 5) is 26.8. The van der Waals surface area contributed by atoms with E-state index in [1.165, 1.54) is 0 Å². The van der Waals surface area contributed by atoms with Gasteiger partial charge in [0, 0.05) is 12.1 Å². The monoisotopic (exact) mass is 330 g/mol. The van der Waals surface area contributed by atoms with Crippen LogP contribution in [0, 0.1) is 0 Å². The molecule has 4 nitrogen and oxygen atoms in total. The highest BCUT2D eigenvalue weighted by atomic mass is 16.2. The first-order valence-corrected chi connectivity index (χ1v) is 8.02. The SMILES string of the molecule is O=C(NCc1ccccc1)N(C(=O)c1ccccc1)c1ccccc1. The van der Waals surface area contributed by atoms with Crippen LogP contribution in [0.15, 0.2) is 91.0 Å². The molecule has 3 amide bonds. The Bertz CT molecular complexity index is 834. The van der Waals surface area contributed by atoms with Crippen LogP contribution in [0.4, 0.5) is 10.5 Å². The lowest BCUT2D eigenvalue weighted by Gasteiger charge is -2.21. The van der Waals surface area contributed by atoms with Gasteiger partial charge in [0.1, 0.15) is 0 Å². The van der Waals surface area contributed by atoms with Crippen LogP contribution in [0.3, 0.4) is 0 Å². The van der Waals surface area contributed by atoms with Crippen molar-refractivity contribution in [1.29, 1.82) is 0 Å². The smallest absolute Gasteiger partial charge is 0.329 e. The molecule has 124 valence electrons. The number of anilines is 1. The first-order valence-electron chi connectivity index (χ1n) is 8.02. The van der Waals surface area contributed by atoms with Crippen LogP contribution >= 0.6 is 0 Å². The first-order chi connectivity index (χ1) is 12.3. The number of rotatable bonds is 4. The summed E-state index contributed by atoms with van der Waals surface area (Å²) in [5.74, 6) is -0.364. The molecule has 0 spiro atoms. The van der Waals surface area contributed by atoms with Gasteiger partial charge >= 0.3 is 6.03 Å². The molecule has 0 atom stereocenters. The van der Waals surface area contributed by atoms with Crippen LogP contribution in [-0.2, 0) is 6.54 Å². The third-order valence-corrected chi connectivity index (χ3v) is 3.73. The van der Waals surface area contributed by atoms with Crippen LogP contribution < -0.4 is 10.2 Å². The Morgan fingerprint density at radius 2 is 1.24 bits per heavy atom. The molecule has 3 aromatic rings. The van der Waals surface area contributed by atoms with Gasteiger partial charge in [-0.1, -0.05) is 66.7 Å². The van der Waals surface area contributed by atoms with Crippen LogP contribution in [0.1, 0.15) is 15.9 Å². The number of carbonyl (C=O) groups excluding carboxylic acids is 2. The average Bonchev–Trinajstić information content (AvgIpc) is 2.69. The van der Waals surface area contributed by atoms with Crippen molar-refractivity contribution in [2.75, 3.05) is 4.90 Å². The number of para-hydroxylation sites is 1. The first kappa shape index (κ1) is 16.5. The van der Waals surface area contributed by atoms with Crippen LogP contribution in [0.5, 0.6) is 0 Å². The van der Waals surface area contributed by atoms with Crippen LogP contribution in [-0.4, -0.2) is 11.9 Å². The highest BCUT2D eigenvalue weighted by Gasteiger charge is 2.24. The van der Waals surface area contributed by atoms with Crippen LogP contribution in [0.2, 0.25) is 0 Å². The summed E-state index contributed by atoms with van der Waals surface area (Å²) in [7, 11) is 0.